The molecule has 0 saturated heterocycles. The molecule has 17 heavy (non-hydrogen) atoms. The Morgan fingerprint density at radius 2 is 2.29 bits per heavy atom. The van der Waals surface area contributed by atoms with Crippen molar-refractivity contribution >= 4 is 11.8 Å². The zero-order valence-electron chi connectivity index (χ0n) is 9.92. The smallest absolute Gasteiger partial charge is 0.170 e. The minimum Gasteiger partial charge on any atom is -0.310 e. The van der Waals surface area contributed by atoms with E-state index in [1.165, 1.54) is 4.90 Å². The summed E-state index contributed by atoms with van der Waals surface area (Å²) in [7, 11) is 0. The molecular weight excluding hydrogens is 234 g/mol. The number of hydrogen-bond acceptors (Lipinski definition) is 5. The molecule has 90 valence electrons. The van der Waals surface area contributed by atoms with Gasteiger partial charge in [-0.2, -0.15) is 4.68 Å². The summed E-state index contributed by atoms with van der Waals surface area (Å²) in [4.78, 5) is 1.20. The fourth-order valence-electron chi connectivity index (χ4n) is 1.50. The Hall–Kier alpha value is -1.40. The Labute approximate surface area is 105 Å². The van der Waals surface area contributed by atoms with Crippen molar-refractivity contribution < 1.29 is 0 Å². The van der Waals surface area contributed by atoms with E-state index in [9.17, 15) is 0 Å². The van der Waals surface area contributed by atoms with Gasteiger partial charge < -0.3 is 5.32 Å². The highest BCUT2D eigenvalue weighted by Gasteiger charge is 2.07. The number of nitrogens with one attached hydrogen (secondary N) is 1. The normalized spacial score (nSPS) is 10.7. The van der Waals surface area contributed by atoms with Gasteiger partial charge in [0.1, 0.15) is 0 Å². The Kier molecular flexibility index (Phi) is 4.11. The number of aromatic nitrogens is 4. The summed E-state index contributed by atoms with van der Waals surface area (Å²) >= 11 is 1.71. The van der Waals surface area contributed by atoms with E-state index in [-0.39, 0.29) is 0 Å². The summed E-state index contributed by atoms with van der Waals surface area (Å²) in [5.41, 5.74) is 0.995. The molecule has 1 aromatic carbocycles. The van der Waals surface area contributed by atoms with E-state index in [1.54, 1.807) is 16.4 Å². The molecule has 0 atom stereocenters. The van der Waals surface area contributed by atoms with Gasteiger partial charge >= 0.3 is 0 Å². The van der Waals surface area contributed by atoms with Crippen molar-refractivity contribution in [1.82, 2.24) is 25.5 Å². The van der Waals surface area contributed by atoms with Gasteiger partial charge in [-0.15, -0.1) is 16.9 Å². The third kappa shape index (κ3) is 2.83. The molecule has 5 nitrogen and oxygen atoms in total. The number of hydrogen-bond donors (Lipinski definition) is 1. The first kappa shape index (κ1) is 12.1. The van der Waals surface area contributed by atoms with Gasteiger partial charge in [0.2, 0.25) is 0 Å². The minimum atomic E-state index is 0.674. The summed E-state index contributed by atoms with van der Waals surface area (Å²) in [5.74, 6) is 0.824. The average Bonchev–Trinajstić information content (AvgIpc) is 2.84. The summed E-state index contributed by atoms with van der Waals surface area (Å²) in [6.07, 6.45) is 2.05. The van der Waals surface area contributed by atoms with E-state index in [0.29, 0.717) is 6.54 Å². The van der Waals surface area contributed by atoms with E-state index >= 15 is 0 Å². The van der Waals surface area contributed by atoms with E-state index in [4.69, 9.17) is 0 Å². The second kappa shape index (κ2) is 5.79. The van der Waals surface area contributed by atoms with Gasteiger partial charge in [0, 0.05) is 4.90 Å². The average molecular weight is 249 g/mol. The molecule has 0 bridgehead atoms. The van der Waals surface area contributed by atoms with Crippen LogP contribution in [0.5, 0.6) is 0 Å². The van der Waals surface area contributed by atoms with E-state index in [2.05, 4.69) is 46.2 Å². The molecule has 2 rings (SSSR count). The summed E-state index contributed by atoms with van der Waals surface area (Å²) in [6, 6.07) is 8.17. The maximum atomic E-state index is 4.02. The predicted molar refractivity (Wildman–Crippen MR) is 68.3 cm³/mol. The first-order valence-electron chi connectivity index (χ1n) is 5.47. The first-order chi connectivity index (χ1) is 8.35. The van der Waals surface area contributed by atoms with Crippen LogP contribution in [0.3, 0.4) is 0 Å². The third-order valence-corrected chi connectivity index (χ3v) is 3.09. The van der Waals surface area contributed by atoms with Crippen LogP contribution in [0.25, 0.3) is 5.69 Å². The lowest BCUT2D eigenvalue weighted by molar-refractivity contribution is 0.663. The van der Waals surface area contributed by atoms with Crippen LogP contribution in [-0.4, -0.2) is 33.0 Å². The molecule has 0 aliphatic carbocycles. The van der Waals surface area contributed by atoms with Crippen molar-refractivity contribution in [3.63, 3.8) is 0 Å². The maximum Gasteiger partial charge on any atom is 0.170 e. The molecular formula is C11H15N5S. The van der Waals surface area contributed by atoms with Crippen LogP contribution in [0.2, 0.25) is 0 Å². The number of tetrazole rings is 1. The Morgan fingerprint density at radius 3 is 3.06 bits per heavy atom. The first-order valence-corrected chi connectivity index (χ1v) is 6.70. The van der Waals surface area contributed by atoms with Crippen molar-refractivity contribution in [2.45, 2.75) is 18.4 Å². The van der Waals surface area contributed by atoms with Gasteiger partial charge in [0.25, 0.3) is 0 Å². The van der Waals surface area contributed by atoms with Gasteiger partial charge in [0.05, 0.1) is 12.2 Å². The number of rotatable bonds is 5. The quantitative estimate of drug-likeness (QED) is 0.814. The SMILES string of the molecule is CCNCc1nnnn1-c1cccc(SC)c1. The lowest BCUT2D eigenvalue weighted by Crippen LogP contribution is -2.16. The van der Waals surface area contributed by atoms with Crippen LogP contribution in [0.1, 0.15) is 12.7 Å². The number of nitrogens with zero attached hydrogens (tertiary/aromatic N) is 4. The van der Waals surface area contributed by atoms with Crippen LogP contribution >= 0.6 is 11.8 Å². The molecule has 1 aromatic heterocycles. The second-order valence-electron chi connectivity index (χ2n) is 3.49. The van der Waals surface area contributed by atoms with E-state index in [0.717, 1.165) is 18.1 Å². The Morgan fingerprint density at radius 1 is 1.41 bits per heavy atom. The van der Waals surface area contributed by atoms with Crippen LogP contribution in [0.15, 0.2) is 29.2 Å². The van der Waals surface area contributed by atoms with Gasteiger partial charge in [-0.05, 0) is 41.4 Å². The van der Waals surface area contributed by atoms with Gasteiger partial charge in [-0.1, -0.05) is 13.0 Å². The minimum absolute atomic E-state index is 0.674. The zero-order chi connectivity index (χ0) is 12.1. The monoisotopic (exact) mass is 249 g/mol. The summed E-state index contributed by atoms with van der Waals surface area (Å²) in [5, 5.41) is 15.0. The number of thioether (sulfide) groups is 1. The van der Waals surface area contributed by atoms with Gasteiger partial charge in [-0.25, -0.2) is 0 Å². The van der Waals surface area contributed by atoms with Crippen molar-refractivity contribution in [3.8, 4) is 5.69 Å². The fourth-order valence-corrected chi connectivity index (χ4v) is 1.95. The van der Waals surface area contributed by atoms with Gasteiger partial charge in [-0.3, -0.25) is 0 Å². The Bertz CT molecular complexity index is 482. The van der Waals surface area contributed by atoms with E-state index < -0.39 is 0 Å². The molecule has 0 amide bonds. The molecule has 0 saturated carbocycles. The maximum absolute atomic E-state index is 4.02. The topological polar surface area (TPSA) is 55.6 Å². The van der Waals surface area contributed by atoms with Crippen molar-refractivity contribution in [2.75, 3.05) is 12.8 Å². The van der Waals surface area contributed by atoms with E-state index in [1.807, 2.05) is 12.1 Å². The van der Waals surface area contributed by atoms with Crippen LogP contribution in [0.4, 0.5) is 0 Å². The molecule has 0 unspecified atom stereocenters. The largest absolute Gasteiger partial charge is 0.310 e. The molecule has 2 aromatic rings. The van der Waals surface area contributed by atoms with Crippen LogP contribution in [0, 0.1) is 0 Å². The highest BCUT2D eigenvalue weighted by Crippen LogP contribution is 2.18. The van der Waals surface area contributed by atoms with Crippen molar-refractivity contribution in [1.29, 1.82) is 0 Å². The molecule has 0 aliphatic rings. The van der Waals surface area contributed by atoms with Crippen molar-refractivity contribution in [2.24, 2.45) is 0 Å². The molecule has 0 radical (unpaired) electrons. The number of benzene rings is 1. The third-order valence-electron chi connectivity index (χ3n) is 2.37. The summed E-state index contributed by atoms with van der Waals surface area (Å²) < 4.78 is 1.77. The molecule has 1 N–H and O–H groups in total. The van der Waals surface area contributed by atoms with Crippen molar-refractivity contribution in [3.05, 3.63) is 30.1 Å². The molecule has 6 heteroatoms. The molecule has 0 fully saturated rings. The van der Waals surface area contributed by atoms with Crippen LogP contribution in [-0.2, 0) is 6.54 Å². The molecule has 0 aliphatic heterocycles. The predicted octanol–water partition coefficient (Wildman–Crippen LogP) is 1.49. The van der Waals surface area contributed by atoms with Crippen LogP contribution < -0.4 is 5.32 Å². The molecule has 0 spiro atoms. The highest BCUT2D eigenvalue weighted by atomic mass is 32.2. The Balaban J connectivity index is 2.28. The second-order valence-corrected chi connectivity index (χ2v) is 4.37. The lowest BCUT2D eigenvalue weighted by atomic mass is 10.3. The van der Waals surface area contributed by atoms with Gasteiger partial charge in [0.15, 0.2) is 5.82 Å². The molecule has 1 heterocycles. The standard InChI is InChI=1S/C11H15N5S/c1-3-12-8-11-13-14-15-16(11)9-5-4-6-10(7-9)17-2/h4-7,12H,3,8H2,1-2H3. The lowest BCUT2D eigenvalue weighted by Gasteiger charge is -2.05. The highest BCUT2D eigenvalue weighted by molar-refractivity contribution is 7.98. The fraction of sp³-hybridized carbons (Fsp3) is 0.364. The summed E-state index contributed by atoms with van der Waals surface area (Å²) in [6.45, 7) is 3.63. The zero-order valence-corrected chi connectivity index (χ0v) is 10.7.